The molecule has 1 unspecified atom stereocenters. The van der Waals surface area contributed by atoms with Crippen molar-refractivity contribution >= 4 is 0 Å². The number of hydrogen-bond donors (Lipinski definition) is 1. The van der Waals surface area contributed by atoms with Crippen molar-refractivity contribution in [3.05, 3.63) is 17.0 Å². The van der Waals surface area contributed by atoms with Crippen LogP contribution in [0, 0.1) is 0 Å². The molecule has 0 spiro atoms. The van der Waals surface area contributed by atoms with Gasteiger partial charge >= 0.3 is 0 Å². The minimum absolute atomic E-state index is 0.592. The van der Waals surface area contributed by atoms with E-state index >= 15 is 0 Å². The third-order valence-corrected chi connectivity index (χ3v) is 3.62. The van der Waals surface area contributed by atoms with Gasteiger partial charge in [-0.1, -0.05) is 0 Å². The van der Waals surface area contributed by atoms with Gasteiger partial charge in [-0.15, -0.1) is 0 Å². The number of hydrogen-bond acceptors (Lipinski definition) is 2. The predicted octanol–water partition coefficient (Wildman–Crippen LogP) is 1.29. The van der Waals surface area contributed by atoms with Crippen LogP contribution in [0.5, 0.6) is 0 Å². The maximum Gasteiger partial charge on any atom is 0.0693 e. The van der Waals surface area contributed by atoms with Gasteiger partial charge in [-0.2, -0.15) is 5.10 Å². The second-order valence-electron chi connectivity index (χ2n) is 4.61. The highest BCUT2D eigenvalue weighted by Crippen LogP contribution is 2.46. The molecule has 76 valence electrons. The van der Waals surface area contributed by atoms with Crippen molar-refractivity contribution in [1.29, 1.82) is 0 Å². The van der Waals surface area contributed by atoms with Gasteiger partial charge in [-0.25, -0.2) is 0 Å². The molecule has 0 bridgehead atoms. The molecule has 1 aromatic rings. The van der Waals surface area contributed by atoms with Gasteiger partial charge in [0, 0.05) is 30.1 Å². The molecule has 0 amide bonds. The third kappa shape index (κ3) is 1.05. The fraction of sp³-hybridized carbons (Fsp3) is 0.727. The van der Waals surface area contributed by atoms with Crippen LogP contribution < -0.4 is 5.73 Å². The van der Waals surface area contributed by atoms with Crippen LogP contribution in [0.4, 0.5) is 0 Å². The van der Waals surface area contributed by atoms with Crippen molar-refractivity contribution in [2.45, 2.75) is 37.5 Å². The summed E-state index contributed by atoms with van der Waals surface area (Å²) in [6.45, 7) is 0.790. The van der Waals surface area contributed by atoms with Crippen molar-refractivity contribution in [2.24, 2.45) is 12.8 Å². The van der Waals surface area contributed by atoms with E-state index in [1.807, 2.05) is 0 Å². The average Bonchev–Trinajstić information content (AvgIpc) is 2.84. The lowest BCUT2D eigenvalue weighted by atomic mass is 10.00. The zero-order valence-corrected chi connectivity index (χ0v) is 8.66. The molecule has 3 nitrogen and oxygen atoms in total. The van der Waals surface area contributed by atoms with Crippen LogP contribution in [0.25, 0.3) is 0 Å². The van der Waals surface area contributed by atoms with Crippen LogP contribution in [-0.4, -0.2) is 16.3 Å². The average molecular weight is 191 g/mol. The summed E-state index contributed by atoms with van der Waals surface area (Å²) in [6.07, 6.45) is 5.08. The number of nitrogens with two attached hydrogens (primary N) is 1. The molecule has 0 aliphatic heterocycles. The molecule has 1 aromatic heterocycles. The topological polar surface area (TPSA) is 43.8 Å². The van der Waals surface area contributed by atoms with Crippen LogP contribution >= 0.6 is 0 Å². The van der Waals surface area contributed by atoms with Gasteiger partial charge in [0.1, 0.15) is 0 Å². The molecule has 2 aliphatic carbocycles. The summed E-state index contributed by atoms with van der Waals surface area (Å²) in [7, 11) is 2.07. The quantitative estimate of drug-likeness (QED) is 0.765. The molecule has 2 N–H and O–H groups in total. The fourth-order valence-electron chi connectivity index (χ4n) is 2.69. The largest absolute Gasteiger partial charge is 0.330 e. The third-order valence-electron chi connectivity index (χ3n) is 3.62. The Kier molecular flexibility index (Phi) is 1.71. The summed E-state index contributed by atoms with van der Waals surface area (Å²) in [4.78, 5) is 0. The van der Waals surface area contributed by atoms with E-state index in [1.54, 1.807) is 0 Å². The van der Waals surface area contributed by atoms with Gasteiger partial charge in [0.15, 0.2) is 0 Å². The molecule has 3 heteroatoms. The summed E-state index contributed by atoms with van der Waals surface area (Å²) < 4.78 is 2.08. The van der Waals surface area contributed by atoms with Crippen molar-refractivity contribution < 1.29 is 0 Å². The van der Waals surface area contributed by atoms with E-state index in [-0.39, 0.29) is 0 Å². The van der Waals surface area contributed by atoms with E-state index < -0.39 is 0 Å². The molecule has 1 heterocycles. The van der Waals surface area contributed by atoms with Gasteiger partial charge in [0.25, 0.3) is 0 Å². The van der Waals surface area contributed by atoms with E-state index in [0.717, 1.165) is 12.5 Å². The van der Waals surface area contributed by atoms with Crippen molar-refractivity contribution in [2.75, 3.05) is 6.54 Å². The molecule has 0 aromatic carbocycles. The molecule has 14 heavy (non-hydrogen) atoms. The molecule has 1 saturated carbocycles. The van der Waals surface area contributed by atoms with Gasteiger partial charge in [-0.05, 0) is 32.2 Å². The summed E-state index contributed by atoms with van der Waals surface area (Å²) in [6, 6.07) is 0. The Bertz CT molecular complexity index is 363. The van der Waals surface area contributed by atoms with Crippen molar-refractivity contribution in [3.63, 3.8) is 0 Å². The van der Waals surface area contributed by atoms with E-state index in [0.29, 0.717) is 5.92 Å². The molecule has 0 radical (unpaired) electrons. The standard InChI is InChI=1S/C11H17N3/c1-14-9-5-4-8(6-12)10(9)11(13-14)7-2-3-7/h7-8H,2-6,12H2,1H3. The van der Waals surface area contributed by atoms with Gasteiger partial charge in [0.05, 0.1) is 5.69 Å². The first-order valence-corrected chi connectivity index (χ1v) is 5.57. The minimum Gasteiger partial charge on any atom is -0.330 e. The van der Waals surface area contributed by atoms with Crippen molar-refractivity contribution in [3.8, 4) is 0 Å². The lowest BCUT2D eigenvalue weighted by molar-refractivity contribution is 0.642. The van der Waals surface area contributed by atoms with E-state index in [2.05, 4.69) is 16.8 Å². The molecule has 1 fully saturated rings. The highest BCUT2D eigenvalue weighted by atomic mass is 15.3. The first-order chi connectivity index (χ1) is 6.81. The Morgan fingerprint density at radius 1 is 1.43 bits per heavy atom. The normalized spacial score (nSPS) is 25.4. The number of fused-ring (bicyclic) bond motifs is 1. The monoisotopic (exact) mass is 191 g/mol. The second-order valence-corrected chi connectivity index (χ2v) is 4.61. The Balaban J connectivity index is 2.09. The lowest BCUT2D eigenvalue weighted by Crippen LogP contribution is -2.10. The highest BCUT2D eigenvalue weighted by Gasteiger charge is 2.36. The van der Waals surface area contributed by atoms with Crippen molar-refractivity contribution in [1.82, 2.24) is 9.78 Å². The van der Waals surface area contributed by atoms with Crippen LogP contribution in [0.1, 0.15) is 48.0 Å². The van der Waals surface area contributed by atoms with Crippen LogP contribution in [0.3, 0.4) is 0 Å². The van der Waals surface area contributed by atoms with E-state index in [4.69, 9.17) is 5.73 Å². The SMILES string of the molecule is Cn1nc(C2CC2)c2c1CCC2CN. The first-order valence-electron chi connectivity index (χ1n) is 5.57. The highest BCUT2D eigenvalue weighted by molar-refractivity contribution is 5.38. The van der Waals surface area contributed by atoms with Gasteiger partial charge in [0.2, 0.25) is 0 Å². The fourth-order valence-corrected chi connectivity index (χ4v) is 2.69. The maximum absolute atomic E-state index is 5.81. The predicted molar refractivity (Wildman–Crippen MR) is 55.3 cm³/mol. The smallest absolute Gasteiger partial charge is 0.0693 e. The Hall–Kier alpha value is -0.830. The summed E-state index contributed by atoms with van der Waals surface area (Å²) in [5.41, 5.74) is 10.1. The number of aryl methyl sites for hydroxylation is 1. The molecule has 2 aliphatic rings. The Morgan fingerprint density at radius 3 is 2.86 bits per heavy atom. The zero-order valence-electron chi connectivity index (χ0n) is 8.66. The number of nitrogens with zero attached hydrogens (tertiary/aromatic N) is 2. The Labute approximate surface area is 84.3 Å². The van der Waals surface area contributed by atoms with Crippen LogP contribution in [-0.2, 0) is 13.5 Å². The van der Waals surface area contributed by atoms with Gasteiger partial charge in [-0.3, -0.25) is 4.68 Å². The zero-order chi connectivity index (χ0) is 9.71. The maximum atomic E-state index is 5.81. The molecular weight excluding hydrogens is 174 g/mol. The molecule has 1 atom stereocenters. The summed E-state index contributed by atoms with van der Waals surface area (Å²) in [5.74, 6) is 1.35. The number of rotatable bonds is 2. The summed E-state index contributed by atoms with van der Waals surface area (Å²) >= 11 is 0. The second kappa shape index (κ2) is 2.83. The molecule has 0 saturated heterocycles. The molecular formula is C11H17N3. The van der Waals surface area contributed by atoms with Crippen LogP contribution in [0.2, 0.25) is 0 Å². The van der Waals surface area contributed by atoms with Gasteiger partial charge < -0.3 is 5.73 Å². The van der Waals surface area contributed by atoms with Crippen LogP contribution in [0.15, 0.2) is 0 Å². The van der Waals surface area contributed by atoms with E-state index in [9.17, 15) is 0 Å². The lowest BCUT2D eigenvalue weighted by Gasteiger charge is -2.07. The molecule has 3 rings (SSSR count). The first kappa shape index (κ1) is 8.48. The minimum atomic E-state index is 0.592. The number of aromatic nitrogens is 2. The van der Waals surface area contributed by atoms with E-state index in [1.165, 1.54) is 42.6 Å². The Morgan fingerprint density at radius 2 is 2.21 bits per heavy atom. The summed E-state index contributed by atoms with van der Waals surface area (Å²) in [5, 5.41) is 4.65.